The van der Waals surface area contributed by atoms with E-state index in [9.17, 15) is 14.8 Å². The third kappa shape index (κ3) is 4.76. The van der Waals surface area contributed by atoms with E-state index >= 15 is 0 Å². The number of ether oxygens (including phenoxy) is 2. The highest BCUT2D eigenvalue weighted by Gasteiger charge is 2.44. The van der Waals surface area contributed by atoms with Gasteiger partial charge in [0.05, 0.1) is 18.1 Å². The SMILES string of the molecule is O=P(O)(O)CO[C@H]1O[C@H](Cn2ncc3c(NC4CCCC4)nc(Cl)nc32)[C@H](O)[C@@H]1O. The summed E-state index contributed by atoms with van der Waals surface area (Å²) in [6.07, 6.45) is -0.0733. The summed E-state index contributed by atoms with van der Waals surface area (Å²) >= 11 is 6.10. The van der Waals surface area contributed by atoms with Gasteiger partial charge in [0.2, 0.25) is 5.28 Å². The molecule has 1 aliphatic heterocycles. The standard InChI is InChI=1S/C16H23ClN5O7P/c17-16-20-13(19-8-3-1-2-4-8)9-5-18-22(14(9)21-16)6-10-11(23)12(24)15(29-10)28-7-30(25,26)27/h5,8,10-12,15,23-24H,1-4,6-7H2,(H,19,20,21)(H2,25,26,27)/t10-,11+,12+,15+/m1/s1. The fourth-order valence-corrected chi connectivity index (χ4v) is 4.29. The van der Waals surface area contributed by atoms with Gasteiger partial charge in [-0.1, -0.05) is 12.8 Å². The van der Waals surface area contributed by atoms with Crippen LogP contribution in [0.5, 0.6) is 0 Å². The molecule has 5 N–H and O–H groups in total. The highest BCUT2D eigenvalue weighted by molar-refractivity contribution is 7.51. The summed E-state index contributed by atoms with van der Waals surface area (Å²) < 4.78 is 22.8. The monoisotopic (exact) mass is 463 g/mol. The van der Waals surface area contributed by atoms with E-state index in [4.69, 9.17) is 30.9 Å². The lowest BCUT2D eigenvalue weighted by Crippen LogP contribution is -2.35. The number of anilines is 1. The van der Waals surface area contributed by atoms with E-state index in [1.165, 1.54) is 4.68 Å². The lowest BCUT2D eigenvalue weighted by Gasteiger charge is -2.16. The Labute approximate surface area is 176 Å². The molecule has 4 rings (SSSR count). The lowest BCUT2D eigenvalue weighted by atomic mass is 10.1. The minimum atomic E-state index is -4.45. The van der Waals surface area contributed by atoms with Crippen LogP contribution in [0.1, 0.15) is 25.7 Å². The maximum Gasteiger partial charge on any atom is 0.351 e. The van der Waals surface area contributed by atoms with Gasteiger partial charge in [-0.15, -0.1) is 0 Å². The predicted molar refractivity (Wildman–Crippen MR) is 105 cm³/mol. The van der Waals surface area contributed by atoms with Crippen LogP contribution >= 0.6 is 19.2 Å². The molecule has 4 atom stereocenters. The van der Waals surface area contributed by atoms with Crippen LogP contribution in [-0.2, 0) is 20.6 Å². The zero-order chi connectivity index (χ0) is 21.5. The van der Waals surface area contributed by atoms with Crippen molar-refractivity contribution in [3.05, 3.63) is 11.5 Å². The molecule has 2 aliphatic rings. The lowest BCUT2D eigenvalue weighted by molar-refractivity contribution is -0.158. The molecule has 0 aromatic carbocycles. The Balaban J connectivity index is 1.51. The van der Waals surface area contributed by atoms with Crippen molar-refractivity contribution in [2.24, 2.45) is 0 Å². The van der Waals surface area contributed by atoms with Gasteiger partial charge in [0.1, 0.15) is 24.1 Å². The van der Waals surface area contributed by atoms with Gasteiger partial charge in [-0.25, -0.2) is 4.68 Å². The maximum absolute atomic E-state index is 11.0. The molecule has 0 radical (unpaired) electrons. The number of aromatic nitrogens is 4. The molecule has 2 fully saturated rings. The number of fused-ring (bicyclic) bond motifs is 1. The molecular formula is C16H23ClN5O7P. The first-order chi connectivity index (χ1) is 14.2. The van der Waals surface area contributed by atoms with Crippen molar-refractivity contribution in [3.8, 4) is 0 Å². The van der Waals surface area contributed by atoms with Gasteiger partial charge in [-0.05, 0) is 24.4 Å². The molecule has 166 valence electrons. The number of aliphatic hydroxyl groups excluding tert-OH is 2. The van der Waals surface area contributed by atoms with E-state index in [0.717, 1.165) is 25.7 Å². The van der Waals surface area contributed by atoms with E-state index in [0.29, 0.717) is 22.9 Å². The van der Waals surface area contributed by atoms with E-state index in [2.05, 4.69) is 20.4 Å². The molecule has 1 aliphatic carbocycles. The van der Waals surface area contributed by atoms with Gasteiger partial charge in [0, 0.05) is 6.04 Å². The van der Waals surface area contributed by atoms with Crippen LogP contribution in [-0.4, -0.2) is 76.7 Å². The number of hydrogen-bond donors (Lipinski definition) is 5. The Morgan fingerprint density at radius 1 is 1.27 bits per heavy atom. The van der Waals surface area contributed by atoms with Crippen molar-refractivity contribution < 1.29 is 34.0 Å². The summed E-state index contributed by atoms with van der Waals surface area (Å²) in [4.78, 5) is 26.3. The Morgan fingerprint density at radius 3 is 2.70 bits per heavy atom. The van der Waals surface area contributed by atoms with Crippen molar-refractivity contribution in [1.29, 1.82) is 0 Å². The molecule has 0 spiro atoms. The second kappa shape index (κ2) is 8.64. The Morgan fingerprint density at radius 2 is 2.00 bits per heavy atom. The average molecular weight is 464 g/mol. The summed E-state index contributed by atoms with van der Waals surface area (Å²) in [6, 6.07) is 0.310. The molecule has 0 bridgehead atoms. The second-order valence-electron chi connectivity index (χ2n) is 7.52. The summed E-state index contributed by atoms with van der Waals surface area (Å²) in [5, 5.41) is 28.7. The van der Waals surface area contributed by atoms with Gasteiger partial charge >= 0.3 is 7.60 Å². The zero-order valence-corrected chi connectivity index (χ0v) is 17.5. The van der Waals surface area contributed by atoms with Crippen molar-refractivity contribution in [1.82, 2.24) is 19.7 Å². The van der Waals surface area contributed by atoms with Crippen LogP contribution in [0, 0.1) is 0 Å². The number of rotatable bonds is 7. The summed E-state index contributed by atoms with van der Waals surface area (Å²) in [5.41, 5.74) is 0.431. The minimum Gasteiger partial charge on any atom is -0.387 e. The molecule has 1 saturated carbocycles. The molecule has 14 heteroatoms. The van der Waals surface area contributed by atoms with E-state index < -0.39 is 38.5 Å². The van der Waals surface area contributed by atoms with Gasteiger partial charge in [-0.2, -0.15) is 15.1 Å². The molecule has 3 heterocycles. The molecule has 0 amide bonds. The molecular weight excluding hydrogens is 441 g/mol. The minimum absolute atomic E-state index is 0.00765. The first-order valence-electron chi connectivity index (χ1n) is 9.54. The summed E-state index contributed by atoms with van der Waals surface area (Å²) in [6.45, 7) is 0.00765. The van der Waals surface area contributed by atoms with E-state index in [1.807, 2.05) is 0 Å². The predicted octanol–water partition coefficient (Wildman–Crippen LogP) is 0.433. The average Bonchev–Trinajstić information content (AvgIpc) is 3.37. The van der Waals surface area contributed by atoms with Crippen molar-refractivity contribution in [2.45, 2.75) is 62.9 Å². The summed E-state index contributed by atoms with van der Waals surface area (Å²) in [7, 11) is -4.45. The molecule has 2 aromatic heterocycles. The van der Waals surface area contributed by atoms with E-state index in [-0.39, 0.29) is 11.8 Å². The highest BCUT2D eigenvalue weighted by atomic mass is 35.5. The molecule has 30 heavy (non-hydrogen) atoms. The Kier molecular flexibility index (Phi) is 6.29. The normalized spacial score (nSPS) is 27.9. The third-order valence-electron chi connectivity index (χ3n) is 5.24. The van der Waals surface area contributed by atoms with Gasteiger partial charge < -0.3 is 34.8 Å². The van der Waals surface area contributed by atoms with Crippen LogP contribution in [0.25, 0.3) is 11.0 Å². The van der Waals surface area contributed by atoms with Crippen LogP contribution < -0.4 is 5.32 Å². The smallest absolute Gasteiger partial charge is 0.351 e. The Bertz CT molecular complexity index is 949. The number of hydrogen-bond acceptors (Lipinski definition) is 9. The number of nitrogens with one attached hydrogen (secondary N) is 1. The second-order valence-corrected chi connectivity index (χ2v) is 9.44. The molecule has 2 aromatic rings. The van der Waals surface area contributed by atoms with Crippen LogP contribution in [0.15, 0.2) is 6.20 Å². The summed E-state index contributed by atoms with van der Waals surface area (Å²) in [5.74, 6) is 0.582. The molecule has 0 unspecified atom stereocenters. The quantitative estimate of drug-likeness (QED) is 0.284. The van der Waals surface area contributed by atoms with Crippen LogP contribution in [0.4, 0.5) is 5.82 Å². The highest BCUT2D eigenvalue weighted by Crippen LogP contribution is 2.36. The Hall–Kier alpha value is -1.37. The largest absolute Gasteiger partial charge is 0.387 e. The van der Waals surface area contributed by atoms with Crippen molar-refractivity contribution in [3.63, 3.8) is 0 Å². The number of aliphatic hydroxyl groups is 2. The fourth-order valence-electron chi connectivity index (χ4n) is 3.78. The van der Waals surface area contributed by atoms with Crippen LogP contribution in [0.3, 0.4) is 0 Å². The zero-order valence-electron chi connectivity index (χ0n) is 15.8. The van der Waals surface area contributed by atoms with Crippen molar-refractivity contribution in [2.75, 3.05) is 11.7 Å². The molecule has 12 nitrogen and oxygen atoms in total. The topological polar surface area (TPSA) is 172 Å². The van der Waals surface area contributed by atoms with E-state index in [1.54, 1.807) is 6.20 Å². The first-order valence-corrected chi connectivity index (χ1v) is 11.7. The van der Waals surface area contributed by atoms with Gasteiger partial charge in [0.15, 0.2) is 18.3 Å². The maximum atomic E-state index is 11.0. The van der Waals surface area contributed by atoms with Crippen molar-refractivity contribution >= 4 is 36.0 Å². The fraction of sp³-hybridized carbons (Fsp3) is 0.688. The first kappa shape index (κ1) is 21.8. The van der Waals surface area contributed by atoms with Gasteiger partial charge in [-0.3, -0.25) is 4.57 Å². The molecule has 1 saturated heterocycles. The number of nitrogens with zero attached hydrogens (tertiary/aromatic N) is 4. The van der Waals surface area contributed by atoms with Crippen LogP contribution in [0.2, 0.25) is 5.28 Å². The number of halogens is 1. The third-order valence-corrected chi connectivity index (χ3v) is 5.90. The van der Waals surface area contributed by atoms with Gasteiger partial charge in [0.25, 0.3) is 0 Å².